The molecule has 0 aliphatic heterocycles. The van der Waals surface area contributed by atoms with E-state index in [0.29, 0.717) is 6.61 Å². The number of halogens is 2. The molecule has 248 valence electrons. The topological polar surface area (TPSA) is 44.8 Å². The fourth-order valence-electron chi connectivity index (χ4n) is 5.88. The van der Waals surface area contributed by atoms with E-state index in [1.165, 1.54) is 77.0 Å². The monoisotopic (exact) mass is 674 g/mol. The molecule has 45 heavy (non-hydrogen) atoms. The Balaban J connectivity index is 1.49. The SMILES string of the molecule is CCCCCCCCCCCCCCCCOCC(COC(c1ccccc1)(c1ccccc1)c1ccccc1)OP(=O)(Cl)Cl. The van der Waals surface area contributed by atoms with E-state index in [0.717, 1.165) is 29.5 Å². The van der Waals surface area contributed by atoms with E-state index in [1.54, 1.807) is 0 Å². The molecular weight excluding hydrogens is 622 g/mol. The van der Waals surface area contributed by atoms with Gasteiger partial charge in [0.15, 0.2) is 0 Å². The predicted octanol–water partition coefficient (Wildman–Crippen LogP) is 12.5. The lowest BCUT2D eigenvalue weighted by Crippen LogP contribution is -2.37. The molecule has 1 atom stereocenters. The van der Waals surface area contributed by atoms with Gasteiger partial charge in [0.2, 0.25) is 0 Å². The predicted molar refractivity (Wildman–Crippen MR) is 190 cm³/mol. The van der Waals surface area contributed by atoms with Crippen LogP contribution in [0.25, 0.3) is 0 Å². The van der Waals surface area contributed by atoms with Crippen LogP contribution in [0.1, 0.15) is 114 Å². The van der Waals surface area contributed by atoms with Crippen molar-refractivity contribution in [2.24, 2.45) is 0 Å². The zero-order valence-electron chi connectivity index (χ0n) is 27.1. The molecule has 0 saturated carbocycles. The number of hydrogen-bond donors (Lipinski definition) is 0. The number of hydrogen-bond acceptors (Lipinski definition) is 4. The molecule has 3 aromatic rings. The van der Waals surface area contributed by atoms with Crippen LogP contribution in [0.2, 0.25) is 0 Å². The first-order chi connectivity index (χ1) is 22.0. The Hall–Kier alpha value is -1.65. The lowest BCUT2D eigenvalue weighted by molar-refractivity contribution is -0.0530. The van der Waals surface area contributed by atoms with Gasteiger partial charge in [-0.05, 0) is 45.6 Å². The minimum absolute atomic E-state index is 0.0703. The van der Waals surface area contributed by atoms with Crippen molar-refractivity contribution in [2.75, 3.05) is 19.8 Å². The zero-order valence-corrected chi connectivity index (χ0v) is 29.5. The van der Waals surface area contributed by atoms with E-state index in [2.05, 4.69) is 43.3 Å². The van der Waals surface area contributed by atoms with E-state index >= 15 is 0 Å². The summed E-state index contributed by atoms with van der Waals surface area (Å²) < 4.78 is 30.8. The van der Waals surface area contributed by atoms with Gasteiger partial charge in [-0.25, -0.2) is 0 Å². The second kappa shape index (κ2) is 22.0. The fourth-order valence-corrected chi connectivity index (χ4v) is 7.03. The van der Waals surface area contributed by atoms with E-state index in [-0.39, 0.29) is 13.2 Å². The van der Waals surface area contributed by atoms with Crippen molar-refractivity contribution in [3.63, 3.8) is 0 Å². The highest BCUT2D eigenvalue weighted by Gasteiger charge is 2.39. The summed E-state index contributed by atoms with van der Waals surface area (Å²) in [7, 11) is 0. The summed E-state index contributed by atoms with van der Waals surface area (Å²) in [5, 5.41) is 0. The highest BCUT2D eigenvalue weighted by Crippen LogP contribution is 2.58. The number of ether oxygens (including phenoxy) is 2. The van der Waals surface area contributed by atoms with Crippen LogP contribution in [0.15, 0.2) is 91.0 Å². The Morgan fingerprint density at radius 1 is 0.578 bits per heavy atom. The first-order valence-corrected chi connectivity index (χ1v) is 20.4. The molecule has 4 nitrogen and oxygen atoms in total. The quantitative estimate of drug-likeness (QED) is 0.0509. The Kier molecular flexibility index (Phi) is 18.5. The van der Waals surface area contributed by atoms with Crippen LogP contribution in [0.4, 0.5) is 0 Å². The third-order valence-electron chi connectivity index (χ3n) is 8.24. The molecule has 0 bridgehead atoms. The van der Waals surface area contributed by atoms with Crippen LogP contribution in [0, 0.1) is 0 Å². The molecule has 0 aromatic heterocycles. The van der Waals surface area contributed by atoms with Crippen LogP contribution >= 0.6 is 28.6 Å². The van der Waals surface area contributed by atoms with Crippen LogP contribution in [-0.4, -0.2) is 25.9 Å². The van der Waals surface area contributed by atoms with Crippen molar-refractivity contribution in [3.05, 3.63) is 108 Å². The van der Waals surface area contributed by atoms with Gasteiger partial charge in [-0.3, -0.25) is 9.09 Å². The maximum atomic E-state index is 12.3. The Labute approximate surface area is 282 Å². The molecule has 0 radical (unpaired) electrons. The molecule has 0 fully saturated rings. The molecule has 0 saturated heterocycles. The molecular formula is C38H53Cl2O4P. The van der Waals surface area contributed by atoms with Crippen LogP contribution in [0.3, 0.4) is 0 Å². The van der Waals surface area contributed by atoms with Crippen LogP contribution in [0.5, 0.6) is 0 Å². The molecule has 0 heterocycles. The average Bonchev–Trinajstić information content (AvgIpc) is 3.05. The summed E-state index contributed by atoms with van der Waals surface area (Å²) in [5.41, 5.74) is 1.95. The number of rotatable bonds is 25. The summed E-state index contributed by atoms with van der Waals surface area (Å²) in [6, 6.07) is 30.3. The van der Waals surface area contributed by atoms with Gasteiger partial charge in [-0.1, -0.05) is 181 Å². The van der Waals surface area contributed by atoms with Crippen molar-refractivity contribution < 1.29 is 18.6 Å². The lowest BCUT2D eigenvalue weighted by Gasteiger charge is -2.37. The Morgan fingerprint density at radius 2 is 0.956 bits per heavy atom. The average molecular weight is 676 g/mol. The molecule has 3 aromatic carbocycles. The highest BCUT2D eigenvalue weighted by molar-refractivity contribution is 8.05. The third kappa shape index (κ3) is 14.3. The molecule has 0 aliphatic rings. The fraction of sp³-hybridized carbons (Fsp3) is 0.526. The first-order valence-electron chi connectivity index (χ1n) is 17.0. The van der Waals surface area contributed by atoms with E-state index in [9.17, 15) is 4.57 Å². The van der Waals surface area contributed by atoms with Gasteiger partial charge in [0.25, 0.3) is 0 Å². The minimum atomic E-state index is -3.83. The minimum Gasteiger partial charge on any atom is -0.379 e. The van der Waals surface area contributed by atoms with Crippen molar-refractivity contribution in [3.8, 4) is 0 Å². The number of benzene rings is 3. The first kappa shape index (κ1) is 37.8. The second-order valence-electron chi connectivity index (χ2n) is 11.9. The highest BCUT2D eigenvalue weighted by atomic mass is 35.9. The van der Waals surface area contributed by atoms with Crippen molar-refractivity contribution >= 4 is 28.6 Å². The van der Waals surface area contributed by atoms with Gasteiger partial charge in [0.05, 0.1) is 13.2 Å². The Morgan fingerprint density at radius 3 is 1.33 bits per heavy atom. The van der Waals surface area contributed by atoms with Crippen molar-refractivity contribution in [2.45, 2.75) is 109 Å². The second-order valence-corrected chi connectivity index (χ2v) is 16.1. The maximum absolute atomic E-state index is 12.3. The van der Waals surface area contributed by atoms with Crippen LogP contribution in [-0.2, 0) is 24.2 Å². The molecule has 0 aliphatic carbocycles. The third-order valence-corrected chi connectivity index (χ3v) is 9.27. The summed E-state index contributed by atoms with van der Waals surface area (Å²) in [5.74, 6) is 0. The van der Waals surface area contributed by atoms with Gasteiger partial charge < -0.3 is 9.47 Å². The number of unbranched alkanes of at least 4 members (excludes halogenated alkanes) is 13. The van der Waals surface area contributed by atoms with Crippen LogP contribution < -0.4 is 0 Å². The van der Waals surface area contributed by atoms with E-state index in [4.69, 9.17) is 36.5 Å². The summed E-state index contributed by atoms with van der Waals surface area (Å²) >= 11 is 11.8. The van der Waals surface area contributed by atoms with Gasteiger partial charge in [-0.15, -0.1) is 0 Å². The Bertz CT molecular complexity index is 1090. The molecule has 0 N–H and O–H groups in total. The molecule has 3 rings (SSSR count). The summed E-state index contributed by atoms with van der Waals surface area (Å²) in [6.07, 6.45) is 13.8. The van der Waals surface area contributed by atoms with Gasteiger partial charge >= 0.3 is 6.07 Å². The van der Waals surface area contributed by atoms with Gasteiger partial charge in [0, 0.05) is 6.61 Å². The smallest absolute Gasteiger partial charge is 0.379 e. The summed E-state index contributed by atoms with van der Waals surface area (Å²) in [6.45, 7) is 3.11. The standard InChI is InChI=1S/C38H53Cl2O4P/c1-2-3-4-5-6-7-8-9-10-11-12-13-14-24-31-42-32-37(44-45(39,40)41)33-43-38(34-25-18-15-19-26-34,35-27-20-16-21-28-35)36-29-22-17-23-30-36/h15-23,25-30,37H,2-14,24,31-33H2,1H3. The molecule has 7 heteroatoms. The lowest BCUT2D eigenvalue weighted by atomic mass is 9.80. The zero-order chi connectivity index (χ0) is 32.1. The van der Waals surface area contributed by atoms with Crippen molar-refractivity contribution in [1.29, 1.82) is 0 Å². The van der Waals surface area contributed by atoms with Gasteiger partial charge in [-0.2, -0.15) is 0 Å². The molecule has 1 unspecified atom stereocenters. The van der Waals surface area contributed by atoms with E-state index < -0.39 is 17.8 Å². The molecule has 0 spiro atoms. The van der Waals surface area contributed by atoms with Crippen molar-refractivity contribution in [1.82, 2.24) is 0 Å². The molecule has 0 amide bonds. The van der Waals surface area contributed by atoms with E-state index in [1.807, 2.05) is 54.6 Å². The normalized spacial score (nSPS) is 12.8. The largest absolute Gasteiger partial charge is 0.380 e. The maximum Gasteiger partial charge on any atom is 0.380 e. The van der Waals surface area contributed by atoms with Gasteiger partial charge in [0.1, 0.15) is 11.7 Å². The summed E-state index contributed by atoms with van der Waals surface area (Å²) in [4.78, 5) is 0.